The van der Waals surface area contributed by atoms with Crippen molar-refractivity contribution < 1.29 is 9.18 Å². The molecule has 1 aromatic rings. The molecule has 3 heteroatoms. The molecule has 63 valence electrons. The van der Waals surface area contributed by atoms with Gasteiger partial charge in [0.2, 0.25) is 0 Å². The van der Waals surface area contributed by atoms with Gasteiger partial charge in [0, 0.05) is 25.7 Å². The molecule has 0 aliphatic heterocycles. The Morgan fingerprint density at radius 2 is 2.25 bits per heavy atom. The zero-order chi connectivity index (χ0) is 9.14. The maximum absolute atomic E-state index is 12.6. The molecule has 0 fully saturated rings. The van der Waals surface area contributed by atoms with Gasteiger partial charge in [0.1, 0.15) is 5.82 Å². The first-order chi connectivity index (χ1) is 5.61. The number of benzene rings is 1. The number of carbonyl (C=O) groups is 1. The summed E-state index contributed by atoms with van der Waals surface area (Å²) in [6, 6.07) is 6.43. The molecule has 0 aliphatic carbocycles. The Hall–Kier alpha value is -1.38. The lowest BCUT2D eigenvalue weighted by atomic mass is 10.2. The van der Waals surface area contributed by atoms with Gasteiger partial charge in [-0.1, -0.05) is 6.07 Å². The summed E-state index contributed by atoms with van der Waals surface area (Å²) in [6.45, 7) is 0. The van der Waals surface area contributed by atoms with E-state index in [1.807, 2.05) is 0 Å². The molecule has 0 saturated carbocycles. The van der Waals surface area contributed by atoms with Gasteiger partial charge in [-0.05, 0) is 12.1 Å². The van der Waals surface area contributed by atoms with Crippen LogP contribution in [0.15, 0.2) is 18.2 Å². The molecule has 0 spiro atoms. The molecular formula is C9H9FNO. The molecule has 0 bridgehead atoms. The smallest absolute Gasteiger partial charge is 0.253 e. The zero-order valence-corrected chi connectivity index (χ0v) is 6.97. The monoisotopic (exact) mass is 166 g/mol. The van der Waals surface area contributed by atoms with Crippen LogP contribution in [0.2, 0.25) is 0 Å². The van der Waals surface area contributed by atoms with Crippen LogP contribution in [-0.2, 0) is 0 Å². The van der Waals surface area contributed by atoms with Crippen LogP contribution in [0.3, 0.4) is 0 Å². The lowest BCUT2D eigenvalue weighted by molar-refractivity contribution is 0.0827. The van der Waals surface area contributed by atoms with Crippen molar-refractivity contribution in [2.75, 3.05) is 14.1 Å². The highest BCUT2D eigenvalue weighted by Gasteiger charge is 2.07. The van der Waals surface area contributed by atoms with E-state index in [2.05, 4.69) is 6.07 Å². The first kappa shape index (κ1) is 8.71. The van der Waals surface area contributed by atoms with Gasteiger partial charge in [-0.2, -0.15) is 0 Å². The molecule has 1 rings (SSSR count). The third-order valence-corrected chi connectivity index (χ3v) is 1.42. The third kappa shape index (κ3) is 1.81. The van der Waals surface area contributed by atoms with E-state index in [1.165, 1.54) is 23.1 Å². The molecule has 1 aromatic carbocycles. The molecule has 0 heterocycles. The molecule has 0 aromatic heterocycles. The Balaban J connectivity index is 2.96. The van der Waals surface area contributed by atoms with E-state index in [0.717, 1.165) is 0 Å². The highest BCUT2D eigenvalue weighted by molar-refractivity contribution is 5.93. The molecule has 1 amide bonds. The summed E-state index contributed by atoms with van der Waals surface area (Å²) in [4.78, 5) is 12.6. The number of hydrogen-bond donors (Lipinski definition) is 0. The minimum absolute atomic E-state index is 0.206. The predicted octanol–water partition coefficient (Wildman–Crippen LogP) is 1.33. The highest BCUT2D eigenvalue weighted by atomic mass is 19.1. The van der Waals surface area contributed by atoms with Crippen molar-refractivity contribution in [2.45, 2.75) is 0 Å². The lowest BCUT2D eigenvalue weighted by Crippen LogP contribution is -2.21. The maximum Gasteiger partial charge on any atom is 0.253 e. The second kappa shape index (κ2) is 3.34. The summed E-state index contributed by atoms with van der Waals surface area (Å²) in [5.74, 6) is -0.717. The second-order valence-electron chi connectivity index (χ2n) is 2.62. The Morgan fingerprint density at radius 1 is 1.58 bits per heavy atom. The summed E-state index contributed by atoms with van der Waals surface area (Å²) in [5.41, 5.74) is 0.344. The van der Waals surface area contributed by atoms with Crippen LogP contribution in [-0.4, -0.2) is 24.9 Å². The summed E-state index contributed by atoms with van der Waals surface area (Å²) in [6.07, 6.45) is 0. The van der Waals surface area contributed by atoms with Crippen LogP contribution in [0.1, 0.15) is 10.4 Å². The maximum atomic E-state index is 12.6. The fourth-order valence-corrected chi connectivity index (χ4v) is 0.829. The van der Waals surface area contributed by atoms with E-state index < -0.39 is 5.82 Å². The molecule has 2 nitrogen and oxygen atoms in total. The molecule has 0 N–H and O–H groups in total. The van der Waals surface area contributed by atoms with Crippen LogP contribution in [0, 0.1) is 11.9 Å². The minimum atomic E-state index is -0.511. The van der Waals surface area contributed by atoms with Crippen molar-refractivity contribution in [2.24, 2.45) is 0 Å². The molecule has 12 heavy (non-hydrogen) atoms. The number of rotatable bonds is 1. The SMILES string of the molecule is CN(C)C(=O)c1cc[c]c(F)c1. The number of halogens is 1. The van der Waals surface area contributed by atoms with Gasteiger partial charge < -0.3 is 4.90 Å². The molecular weight excluding hydrogens is 157 g/mol. The van der Waals surface area contributed by atoms with Gasteiger partial charge >= 0.3 is 0 Å². The van der Waals surface area contributed by atoms with Gasteiger partial charge in [-0.25, -0.2) is 4.39 Å². The molecule has 0 unspecified atom stereocenters. The fraction of sp³-hybridized carbons (Fsp3) is 0.222. The normalized spacial score (nSPS) is 9.58. The summed E-state index contributed by atoms with van der Waals surface area (Å²) in [5, 5.41) is 0. The Morgan fingerprint density at radius 3 is 2.75 bits per heavy atom. The van der Waals surface area contributed by atoms with Gasteiger partial charge in [0.05, 0.1) is 0 Å². The van der Waals surface area contributed by atoms with E-state index in [9.17, 15) is 9.18 Å². The van der Waals surface area contributed by atoms with E-state index in [4.69, 9.17) is 0 Å². The van der Waals surface area contributed by atoms with Crippen LogP contribution >= 0.6 is 0 Å². The summed E-state index contributed by atoms with van der Waals surface area (Å²) in [7, 11) is 3.24. The van der Waals surface area contributed by atoms with Gasteiger partial charge in [-0.15, -0.1) is 0 Å². The van der Waals surface area contributed by atoms with Crippen molar-refractivity contribution >= 4 is 5.91 Å². The number of amides is 1. The quantitative estimate of drug-likeness (QED) is 0.616. The van der Waals surface area contributed by atoms with Gasteiger partial charge in [-0.3, -0.25) is 4.79 Å². The van der Waals surface area contributed by atoms with Crippen LogP contribution in [0.25, 0.3) is 0 Å². The number of carbonyl (C=O) groups excluding carboxylic acids is 1. The van der Waals surface area contributed by atoms with Gasteiger partial charge in [0.25, 0.3) is 5.91 Å². The van der Waals surface area contributed by atoms with Gasteiger partial charge in [0.15, 0.2) is 0 Å². The van der Waals surface area contributed by atoms with E-state index in [0.29, 0.717) is 5.56 Å². The van der Waals surface area contributed by atoms with Crippen molar-refractivity contribution in [3.05, 3.63) is 35.6 Å². The van der Waals surface area contributed by atoms with Crippen LogP contribution in [0.5, 0.6) is 0 Å². The van der Waals surface area contributed by atoms with Crippen molar-refractivity contribution in [3.63, 3.8) is 0 Å². The van der Waals surface area contributed by atoms with E-state index in [1.54, 1.807) is 14.1 Å². The molecule has 0 saturated heterocycles. The zero-order valence-electron chi connectivity index (χ0n) is 6.97. The standard InChI is InChI=1S/C9H9FNO/c1-11(2)9(12)7-4-3-5-8(10)6-7/h3-4,6H,1-2H3. The van der Waals surface area contributed by atoms with Crippen molar-refractivity contribution in [1.29, 1.82) is 0 Å². The lowest BCUT2D eigenvalue weighted by Gasteiger charge is -2.09. The van der Waals surface area contributed by atoms with Crippen molar-refractivity contribution in [1.82, 2.24) is 4.90 Å². The summed E-state index contributed by atoms with van der Waals surface area (Å²) < 4.78 is 12.6. The second-order valence-corrected chi connectivity index (χ2v) is 2.62. The topological polar surface area (TPSA) is 20.3 Å². The average molecular weight is 166 g/mol. The van der Waals surface area contributed by atoms with E-state index in [-0.39, 0.29) is 5.91 Å². The Bertz CT molecular complexity index is 296. The largest absolute Gasteiger partial charge is 0.345 e. The molecule has 0 atom stereocenters. The molecule has 0 aliphatic rings. The van der Waals surface area contributed by atoms with Crippen LogP contribution in [0.4, 0.5) is 4.39 Å². The van der Waals surface area contributed by atoms with Crippen molar-refractivity contribution in [3.8, 4) is 0 Å². The number of hydrogen-bond acceptors (Lipinski definition) is 1. The fourth-order valence-electron chi connectivity index (χ4n) is 0.829. The highest BCUT2D eigenvalue weighted by Crippen LogP contribution is 2.04. The summed E-state index contributed by atoms with van der Waals surface area (Å²) >= 11 is 0. The molecule has 1 radical (unpaired) electrons. The first-order valence-electron chi connectivity index (χ1n) is 3.50. The first-order valence-corrected chi connectivity index (χ1v) is 3.50. The average Bonchev–Trinajstić information content (AvgIpc) is 2.03. The van der Waals surface area contributed by atoms with Crippen LogP contribution < -0.4 is 0 Å². The Kier molecular flexibility index (Phi) is 2.43. The number of nitrogens with zero attached hydrogens (tertiary/aromatic N) is 1. The Labute approximate surface area is 70.6 Å². The van der Waals surface area contributed by atoms with E-state index >= 15 is 0 Å². The predicted molar refractivity (Wildman–Crippen MR) is 43.3 cm³/mol. The minimum Gasteiger partial charge on any atom is -0.345 e. The third-order valence-electron chi connectivity index (χ3n) is 1.42.